The highest BCUT2D eigenvalue weighted by atomic mass is 16.4. The van der Waals surface area contributed by atoms with Crippen molar-refractivity contribution in [3.63, 3.8) is 0 Å². The van der Waals surface area contributed by atoms with Crippen molar-refractivity contribution in [3.05, 3.63) is 12.0 Å². The third kappa shape index (κ3) is 1.24. The van der Waals surface area contributed by atoms with E-state index in [1.807, 2.05) is 0 Å². The Kier molecular flexibility index (Phi) is 1.42. The minimum Gasteiger partial charge on any atom is -0.430 e. The quantitative estimate of drug-likeness (QED) is 0.413. The van der Waals surface area contributed by atoms with Crippen LogP contribution in [0.4, 0.5) is 6.01 Å². The number of oxazole rings is 1. The number of carbonyl (C=O) groups excluding carboxylic acids is 1. The zero-order valence-corrected chi connectivity index (χ0v) is 4.79. The molecule has 9 heavy (non-hydrogen) atoms. The Morgan fingerprint density at radius 2 is 2.67 bits per heavy atom. The number of aromatic nitrogens is 1. The Labute approximate surface area is 51.2 Å². The van der Waals surface area contributed by atoms with E-state index in [4.69, 9.17) is 0 Å². The molecule has 0 radical (unpaired) electrons. The summed E-state index contributed by atoms with van der Waals surface area (Å²) in [6.07, 6.45) is 2.73. The summed E-state index contributed by atoms with van der Waals surface area (Å²) in [7, 11) is 0. The molecule has 0 aliphatic heterocycles. The highest BCUT2D eigenvalue weighted by Crippen LogP contribution is 2.07. The number of isocyanates is 1. The molecule has 0 fully saturated rings. The summed E-state index contributed by atoms with van der Waals surface area (Å²) >= 11 is 0. The molecular formula is C5H4N2O2. The van der Waals surface area contributed by atoms with Gasteiger partial charge in [0, 0.05) is 0 Å². The van der Waals surface area contributed by atoms with Gasteiger partial charge in [-0.2, -0.15) is 4.98 Å². The smallest absolute Gasteiger partial charge is 0.332 e. The summed E-state index contributed by atoms with van der Waals surface area (Å²) < 4.78 is 4.66. The van der Waals surface area contributed by atoms with Crippen LogP contribution in [0.5, 0.6) is 0 Å². The van der Waals surface area contributed by atoms with Gasteiger partial charge in [0.15, 0.2) is 0 Å². The lowest BCUT2D eigenvalue weighted by Gasteiger charge is -1.69. The molecule has 0 saturated carbocycles. The lowest BCUT2D eigenvalue weighted by Crippen LogP contribution is -1.64. The highest BCUT2D eigenvalue weighted by molar-refractivity contribution is 5.39. The summed E-state index contributed by atoms with van der Waals surface area (Å²) in [6.45, 7) is 1.74. The first-order valence-corrected chi connectivity index (χ1v) is 2.33. The van der Waals surface area contributed by atoms with Crippen LogP contribution in [0, 0.1) is 6.92 Å². The van der Waals surface area contributed by atoms with Gasteiger partial charge in [0.2, 0.25) is 6.08 Å². The topological polar surface area (TPSA) is 55.5 Å². The molecule has 0 unspecified atom stereocenters. The van der Waals surface area contributed by atoms with Crippen molar-refractivity contribution in [1.29, 1.82) is 0 Å². The van der Waals surface area contributed by atoms with E-state index in [0.29, 0.717) is 5.69 Å². The van der Waals surface area contributed by atoms with Crippen LogP contribution in [0.3, 0.4) is 0 Å². The molecule has 0 amide bonds. The first kappa shape index (κ1) is 5.72. The molecule has 46 valence electrons. The summed E-state index contributed by atoms with van der Waals surface area (Å²) in [5.41, 5.74) is 0.698. The van der Waals surface area contributed by atoms with Crippen molar-refractivity contribution < 1.29 is 9.21 Å². The van der Waals surface area contributed by atoms with Gasteiger partial charge in [-0.15, -0.1) is 4.99 Å². The van der Waals surface area contributed by atoms with Gasteiger partial charge in [0.25, 0.3) is 0 Å². The first-order valence-electron chi connectivity index (χ1n) is 2.33. The van der Waals surface area contributed by atoms with Crippen LogP contribution < -0.4 is 0 Å². The van der Waals surface area contributed by atoms with Gasteiger partial charge in [-0.05, 0) is 6.92 Å². The van der Waals surface area contributed by atoms with Crippen molar-refractivity contribution in [3.8, 4) is 0 Å². The van der Waals surface area contributed by atoms with E-state index in [9.17, 15) is 4.79 Å². The second-order valence-electron chi connectivity index (χ2n) is 1.47. The number of aryl methyl sites for hydroxylation is 1. The van der Waals surface area contributed by atoms with Gasteiger partial charge in [-0.3, -0.25) is 0 Å². The molecule has 0 saturated heterocycles. The molecule has 1 rings (SSSR count). The Morgan fingerprint density at radius 1 is 1.89 bits per heavy atom. The molecule has 0 aliphatic rings. The second-order valence-corrected chi connectivity index (χ2v) is 1.47. The van der Waals surface area contributed by atoms with Crippen LogP contribution in [0.1, 0.15) is 5.69 Å². The number of hydrogen-bond acceptors (Lipinski definition) is 4. The fourth-order valence-corrected chi connectivity index (χ4v) is 0.432. The van der Waals surface area contributed by atoms with Gasteiger partial charge in [0.05, 0.1) is 5.69 Å². The SMILES string of the molecule is Cc1coc(N=C=O)n1. The van der Waals surface area contributed by atoms with Gasteiger partial charge in [-0.1, -0.05) is 0 Å². The maximum atomic E-state index is 9.59. The van der Waals surface area contributed by atoms with Gasteiger partial charge in [-0.25, -0.2) is 4.79 Å². The van der Waals surface area contributed by atoms with E-state index in [-0.39, 0.29) is 6.01 Å². The van der Waals surface area contributed by atoms with Crippen molar-refractivity contribution in [2.75, 3.05) is 0 Å². The van der Waals surface area contributed by atoms with Crippen LogP contribution in [-0.2, 0) is 4.79 Å². The van der Waals surface area contributed by atoms with E-state index in [0.717, 1.165) is 0 Å². The Hall–Kier alpha value is -1.41. The third-order valence-electron chi connectivity index (χ3n) is 0.748. The van der Waals surface area contributed by atoms with Gasteiger partial charge in [0.1, 0.15) is 6.26 Å². The van der Waals surface area contributed by atoms with Crippen molar-refractivity contribution in [2.45, 2.75) is 6.92 Å². The molecule has 0 aliphatic carbocycles. The standard InChI is InChI=1S/C5H4N2O2/c1-4-2-9-5(7-4)6-3-8/h2H,1H3. The number of nitrogens with zero attached hydrogens (tertiary/aromatic N) is 2. The Balaban J connectivity index is 2.97. The predicted octanol–water partition coefficient (Wildman–Crippen LogP) is 0.950. The summed E-state index contributed by atoms with van der Waals surface area (Å²) in [5.74, 6) is 0. The third-order valence-corrected chi connectivity index (χ3v) is 0.748. The largest absolute Gasteiger partial charge is 0.430 e. The van der Waals surface area contributed by atoms with Gasteiger partial charge >= 0.3 is 6.01 Å². The molecular weight excluding hydrogens is 120 g/mol. The maximum Gasteiger partial charge on any atom is 0.332 e. The molecule has 0 aromatic carbocycles. The normalized spacial score (nSPS) is 8.56. The summed E-state index contributed by atoms with van der Waals surface area (Å²) in [6, 6.07) is 0.0579. The Bertz CT molecular complexity index is 247. The van der Waals surface area contributed by atoms with Crippen LogP contribution in [0.15, 0.2) is 15.7 Å². The monoisotopic (exact) mass is 124 g/mol. The van der Waals surface area contributed by atoms with E-state index in [1.54, 1.807) is 6.92 Å². The van der Waals surface area contributed by atoms with Crippen molar-refractivity contribution in [1.82, 2.24) is 4.98 Å². The molecule has 0 spiro atoms. The van der Waals surface area contributed by atoms with Crippen molar-refractivity contribution >= 4 is 12.1 Å². The number of rotatable bonds is 1. The minimum absolute atomic E-state index is 0.0579. The van der Waals surface area contributed by atoms with E-state index < -0.39 is 0 Å². The average molecular weight is 124 g/mol. The average Bonchev–Trinajstić information content (AvgIpc) is 2.17. The van der Waals surface area contributed by atoms with Crippen LogP contribution in [0.2, 0.25) is 0 Å². The maximum absolute atomic E-state index is 9.59. The molecule has 0 atom stereocenters. The molecule has 1 aromatic rings. The molecule has 4 heteroatoms. The summed E-state index contributed by atoms with van der Waals surface area (Å²) in [5, 5.41) is 0. The number of hydrogen-bond donors (Lipinski definition) is 0. The molecule has 0 bridgehead atoms. The molecule has 1 aromatic heterocycles. The lowest BCUT2D eigenvalue weighted by molar-refractivity contribution is 0.550. The highest BCUT2D eigenvalue weighted by Gasteiger charge is 1.94. The van der Waals surface area contributed by atoms with Crippen molar-refractivity contribution in [2.24, 2.45) is 4.99 Å². The number of aliphatic imine (C=N–C) groups is 1. The van der Waals surface area contributed by atoms with E-state index >= 15 is 0 Å². The van der Waals surface area contributed by atoms with Gasteiger partial charge < -0.3 is 4.42 Å². The second kappa shape index (κ2) is 2.24. The fourth-order valence-electron chi connectivity index (χ4n) is 0.432. The van der Waals surface area contributed by atoms with Crippen LogP contribution in [-0.4, -0.2) is 11.1 Å². The summed E-state index contributed by atoms with van der Waals surface area (Å²) in [4.78, 5) is 16.4. The molecule has 0 N–H and O–H groups in total. The van der Waals surface area contributed by atoms with Crippen LogP contribution in [0.25, 0.3) is 0 Å². The first-order chi connectivity index (χ1) is 4.33. The molecule has 4 nitrogen and oxygen atoms in total. The Morgan fingerprint density at radius 3 is 3.11 bits per heavy atom. The minimum atomic E-state index is 0.0579. The fraction of sp³-hybridized carbons (Fsp3) is 0.200. The zero-order valence-electron chi connectivity index (χ0n) is 4.79. The zero-order chi connectivity index (χ0) is 6.69. The lowest BCUT2D eigenvalue weighted by atomic mass is 10.6. The van der Waals surface area contributed by atoms with E-state index in [2.05, 4.69) is 14.4 Å². The molecule has 1 heterocycles. The predicted molar refractivity (Wildman–Crippen MR) is 29.0 cm³/mol. The van der Waals surface area contributed by atoms with Crippen LogP contribution >= 0.6 is 0 Å². The van der Waals surface area contributed by atoms with E-state index in [1.165, 1.54) is 12.3 Å².